The van der Waals surface area contributed by atoms with E-state index in [-0.39, 0.29) is 16.1 Å². The van der Waals surface area contributed by atoms with E-state index in [4.69, 9.17) is 4.74 Å². The number of para-hydroxylation sites is 1. The Bertz CT molecular complexity index is 1100. The monoisotopic (exact) mass is 474 g/mol. The van der Waals surface area contributed by atoms with Gasteiger partial charge >= 0.3 is 0 Å². The molecule has 0 unspecified atom stereocenters. The zero-order chi connectivity index (χ0) is 20.9. The van der Waals surface area contributed by atoms with Gasteiger partial charge in [0.2, 0.25) is 0 Å². The summed E-state index contributed by atoms with van der Waals surface area (Å²) in [5.74, 6) is 0.165. The number of sulfonamides is 1. The van der Waals surface area contributed by atoms with E-state index in [0.717, 1.165) is 4.47 Å². The minimum Gasteiger partial charge on any atom is -0.494 e. The molecule has 29 heavy (non-hydrogen) atoms. The number of nitrogens with one attached hydrogen (secondary N) is 2. The van der Waals surface area contributed by atoms with E-state index in [2.05, 4.69) is 26.0 Å². The van der Waals surface area contributed by atoms with Crippen LogP contribution >= 0.6 is 15.9 Å². The van der Waals surface area contributed by atoms with Crippen LogP contribution < -0.4 is 14.8 Å². The van der Waals surface area contributed by atoms with E-state index >= 15 is 0 Å². The molecule has 0 saturated heterocycles. The minimum absolute atomic E-state index is 0.0732. The SMILES string of the molecule is CCOc1ccc(S(=O)(=O)Nc2ccccc2C(=O)Nc2ccc(Br)cc2)cc1. The quantitative estimate of drug-likeness (QED) is 0.509. The maximum Gasteiger partial charge on any atom is 0.261 e. The molecule has 1 amide bonds. The Labute approximate surface area is 178 Å². The van der Waals surface area contributed by atoms with Gasteiger partial charge in [-0.15, -0.1) is 0 Å². The fourth-order valence-corrected chi connectivity index (χ4v) is 3.93. The molecule has 0 atom stereocenters. The van der Waals surface area contributed by atoms with Crippen LogP contribution in [0.3, 0.4) is 0 Å². The van der Waals surface area contributed by atoms with Crippen molar-refractivity contribution in [1.82, 2.24) is 0 Å². The highest BCUT2D eigenvalue weighted by Gasteiger charge is 2.19. The van der Waals surface area contributed by atoms with Gasteiger partial charge in [-0.3, -0.25) is 9.52 Å². The van der Waals surface area contributed by atoms with Crippen molar-refractivity contribution >= 4 is 43.2 Å². The molecular weight excluding hydrogens is 456 g/mol. The number of ether oxygens (including phenoxy) is 1. The van der Waals surface area contributed by atoms with Crippen molar-refractivity contribution in [2.24, 2.45) is 0 Å². The van der Waals surface area contributed by atoms with Gasteiger partial charge in [0, 0.05) is 10.2 Å². The van der Waals surface area contributed by atoms with Crippen molar-refractivity contribution in [3.63, 3.8) is 0 Å². The molecule has 3 aromatic rings. The molecule has 0 aliphatic heterocycles. The molecule has 0 aliphatic carbocycles. The van der Waals surface area contributed by atoms with Gasteiger partial charge in [-0.1, -0.05) is 28.1 Å². The topological polar surface area (TPSA) is 84.5 Å². The number of carbonyl (C=O) groups excluding carboxylic acids is 1. The summed E-state index contributed by atoms with van der Waals surface area (Å²) >= 11 is 3.34. The van der Waals surface area contributed by atoms with Gasteiger partial charge in [0.25, 0.3) is 15.9 Å². The van der Waals surface area contributed by atoms with Gasteiger partial charge in [-0.05, 0) is 67.6 Å². The van der Waals surface area contributed by atoms with Gasteiger partial charge in [0.1, 0.15) is 5.75 Å². The van der Waals surface area contributed by atoms with E-state index in [1.807, 2.05) is 6.92 Å². The number of hydrogen-bond acceptors (Lipinski definition) is 4. The van der Waals surface area contributed by atoms with E-state index in [1.54, 1.807) is 60.7 Å². The van der Waals surface area contributed by atoms with Gasteiger partial charge in [0.15, 0.2) is 0 Å². The van der Waals surface area contributed by atoms with Crippen molar-refractivity contribution in [2.45, 2.75) is 11.8 Å². The van der Waals surface area contributed by atoms with Crippen LogP contribution in [0.4, 0.5) is 11.4 Å². The Morgan fingerprint density at radius 2 is 1.62 bits per heavy atom. The van der Waals surface area contributed by atoms with E-state index in [9.17, 15) is 13.2 Å². The standard InChI is InChI=1S/C21H19BrN2O4S/c1-2-28-17-11-13-18(14-12-17)29(26,27)24-20-6-4-3-5-19(20)21(25)23-16-9-7-15(22)8-10-16/h3-14,24H,2H2,1H3,(H,23,25). The highest BCUT2D eigenvalue weighted by molar-refractivity contribution is 9.10. The van der Waals surface area contributed by atoms with E-state index < -0.39 is 15.9 Å². The minimum atomic E-state index is -3.87. The Morgan fingerprint density at radius 3 is 2.28 bits per heavy atom. The van der Waals surface area contributed by atoms with Crippen molar-refractivity contribution in [2.75, 3.05) is 16.6 Å². The molecule has 0 fully saturated rings. The lowest BCUT2D eigenvalue weighted by atomic mass is 10.1. The van der Waals surface area contributed by atoms with Crippen LogP contribution in [0.25, 0.3) is 0 Å². The maximum atomic E-state index is 12.8. The summed E-state index contributed by atoms with van der Waals surface area (Å²) < 4.78 is 34.2. The third-order valence-corrected chi connectivity index (χ3v) is 5.87. The molecular formula is C21H19BrN2O4S. The smallest absolute Gasteiger partial charge is 0.261 e. The van der Waals surface area contributed by atoms with Crippen LogP contribution in [0.5, 0.6) is 5.75 Å². The Kier molecular flexibility index (Phi) is 6.56. The van der Waals surface area contributed by atoms with E-state index in [0.29, 0.717) is 18.0 Å². The van der Waals surface area contributed by atoms with Crippen LogP contribution in [0.15, 0.2) is 82.2 Å². The third-order valence-electron chi connectivity index (χ3n) is 3.96. The average molecular weight is 475 g/mol. The zero-order valence-corrected chi connectivity index (χ0v) is 18.0. The third kappa shape index (κ3) is 5.36. The van der Waals surface area contributed by atoms with E-state index in [1.165, 1.54) is 12.1 Å². The lowest BCUT2D eigenvalue weighted by Crippen LogP contribution is -2.18. The van der Waals surface area contributed by atoms with Crippen LogP contribution in [0, 0.1) is 0 Å². The molecule has 2 N–H and O–H groups in total. The fraction of sp³-hybridized carbons (Fsp3) is 0.0952. The highest BCUT2D eigenvalue weighted by Crippen LogP contribution is 2.23. The average Bonchev–Trinajstić information content (AvgIpc) is 2.70. The zero-order valence-electron chi connectivity index (χ0n) is 15.6. The highest BCUT2D eigenvalue weighted by atomic mass is 79.9. The number of hydrogen-bond donors (Lipinski definition) is 2. The lowest BCUT2D eigenvalue weighted by molar-refractivity contribution is 0.102. The Morgan fingerprint density at radius 1 is 0.966 bits per heavy atom. The predicted molar refractivity (Wildman–Crippen MR) is 117 cm³/mol. The number of anilines is 2. The van der Waals surface area contributed by atoms with Crippen LogP contribution in [0.2, 0.25) is 0 Å². The number of carbonyl (C=O) groups is 1. The van der Waals surface area contributed by atoms with Gasteiger partial charge in [-0.2, -0.15) is 0 Å². The van der Waals surface area contributed by atoms with Crippen LogP contribution in [-0.4, -0.2) is 20.9 Å². The molecule has 6 nitrogen and oxygen atoms in total. The summed E-state index contributed by atoms with van der Waals surface area (Å²) in [6.07, 6.45) is 0. The molecule has 0 heterocycles. The summed E-state index contributed by atoms with van der Waals surface area (Å²) in [6, 6.07) is 19.6. The largest absolute Gasteiger partial charge is 0.494 e. The van der Waals surface area contributed by atoms with Gasteiger partial charge in [0.05, 0.1) is 22.8 Å². The molecule has 0 aromatic heterocycles. The van der Waals surface area contributed by atoms with Crippen molar-refractivity contribution in [3.05, 3.63) is 82.8 Å². The molecule has 150 valence electrons. The molecule has 0 bridgehead atoms. The lowest BCUT2D eigenvalue weighted by Gasteiger charge is -2.13. The summed E-state index contributed by atoms with van der Waals surface area (Å²) in [4.78, 5) is 12.8. The molecule has 8 heteroatoms. The molecule has 0 saturated carbocycles. The normalized spacial score (nSPS) is 11.0. The van der Waals surface area contributed by atoms with Crippen LogP contribution in [0.1, 0.15) is 17.3 Å². The molecule has 0 spiro atoms. The first kappa shape index (κ1) is 20.9. The summed E-state index contributed by atoms with van der Waals surface area (Å²) in [5.41, 5.74) is 1.00. The second-order valence-electron chi connectivity index (χ2n) is 6.02. The molecule has 0 radical (unpaired) electrons. The predicted octanol–water partition coefficient (Wildman–Crippen LogP) is 4.90. The first-order valence-corrected chi connectivity index (χ1v) is 11.1. The molecule has 3 rings (SSSR count). The van der Waals surface area contributed by atoms with Crippen LogP contribution in [-0.2, 0) is 10.0 Å². The molecule has 3 aromatic carbocycles. The second kappa shape index (κ2) is 9.11. The summed E-state index contributed by atoms with van der Waals surface area (Å²) in [6.45, 7) is 2.34. The number of amides is 1. The maximum absolute atomic E-state index is 12.8. The summed E-state index contributed by atoms with van der Waals surface area (Å²) in [7, 11) is -3.87. The molecule has 0 aliphatic rings. The first-order valence-electron chi connectivity index (χ1n) is 8.80. The Balaban J connectivity index is 1.82. The van der Waals surface area contributed by atoms with Crippen molar-refractivity contribution in [1.29, 1.82) is 0 Å². The van der Waals surface area contributed by atoms with Gasteiger partial charge < -0.3 is 10.1 Å². The number of halogens is 1. The second-order valence-corrected chi connectivity index (χ2v) is 8.61. The first-order chi connectivity index (χ1) is 13.9. The van der Waals surface area contributed by atoms with Crippen molar-refractivity contribution in [3.8, 4) is 5.75 Å². The Hall–Kier alpha value is -2.84. The number of benzene rings is 3. The fourth-order valence-electron chi connectivity index (χ4n) is 2.59. The van der Waals surface area contributed by atoms with Crippen molar-refractivity contribution < 1.29 is 17.9 Å². The summed E-state index contributed by atoms with van der Waals surface area (Å²) in [5, 5.41) is 2.76. The van der Waals surface area contributed by atoms with Gasteiger partial charge in [-0.25, -0.2) is 8.42 Å². The number of rotatable bonds is 7.